The first kappa shape index (κ1) is 17.2. The summed E-state index contributed by atoms with van der Waals surface area (Å²) in [7, 11) is 3.51. The van der Waals surface area contributed by atoms with E-state index in [-0.39, 0.29) is 23.7 Å². The molecule has 1 aromatic heterocycles. The molecule has 0 radical (unpaired) electrons. The molecule has 1 aliphatic heterocycles. The topological polar surface area (TPSA) is 69.5 Å². The Hall–Kier alpha value is -2.25. The highest BCUT2D eigenvalue weighted by atomic mass is 16.5. The fourth-order valence-electron chi connectivity index (χ4n) is 4.48. The van der Waals surface area contributed by atoms with Crippen molar-refractivity contribution in [3.05, 3.63) is 42.5 Å². The van der Waals surface area contributed by atoms with Crippen molar-refractivity contribution in [1.82, 2.24) is 19.7 Å². The summed E-state index contributed by atoms with van der Waals surface area (Å²) in [6.45, 7) is 0.699. The predicted octanol–water partition coefficient (Wildman–Crippen LogP) is 2.07. The van der Waals surface area contributed by atoms with Crippen LogP contribution >= 0.6 is 0 Å². The molecule has 7 nitrogen and oxygen atoms in total. The fourth-order valence-corrected chi connectivity index (χ4v) is 4.48. The molecule has 1 amide bonds. The van der Waals surface area contributed by atoms with E-state index < -0.39 is 0 Å². The van der Waals surface area contributed by atoms with Crippen LogP contribution in [-0.2, 0) is 9.47 Å². The maximum absolute atomic E-state index is 13.4. The van der Waals surface area contributed by atoms with E-state index in [0.29, 0.717) is 12.1 Å². The zero-order valence-electron chi connectivity index (χ0n) is 15.2. The molecule has 2 fully saturated rings. The van der Waals surface area contributed by atoms with Gasteiger partial charge in [0.1, 0.15) is 12.7 Å². The van der Waals surface area contributed by atoms with Crippen LogP contribution in [-0.4, -0.2) is 64.1 Å². The molecule has 0 N–H and O–H groups in total. The number of likely N-dealkylation sites (tertiary alicyclic amines) is 1. The van der Waals surface area contributed by atoms with Gasteiger partial charge in [0, 0.05) is 20.8 Å². The van der Waals surface area contributed by atoms with Crippen LogP contribution in [0, 0.1) is 0 Å². The first-order valence-corrected chi connectivity index (χ1v) is 9.01. The number of hydrogen-bond donors (Lipinski definition) is 0. The van der Waals surface area contributed by atoms with Crippen molar-refractivity contribution >= 4 is 5.91 Å². The minimum atomic E-state index is -0.254. The van der Waals surface area contributed by atoms with Gasteiger partial charge in [-0.05, 0) is 37.8 Å². The molecule has 0 spiro atoms. The summed E-state index contributed by atoms with van der Waals surface area (Å²) in [5.41, 5.74) is 1.19. The van der Waals surface area contributed by atoms with E-state index in [1.165, 1.54) is 0 Å². The molecule has 2 heterocycles. The minimum absolute atomic E-state index is 0.0231. The van der Waals surface area contributed by atoms with E-state index in [2.05, 4.69) is 10.2 Å². The summed E-state index contributed by atoms with van der Waals surface area (Å²) in [5, 5.41) is 7.72. The molecule has 0 bridgehead atoms. The maximum atomic E-state index is 13.4. The van der Waals surface area contributed by atoms with Gasteiger partial charge in [-0.3, -0.25) is 9.36 Å². The Morgan fingerprint density at radius 2 is 1.96 bits per heavy atom. The fraction of sp³-hybridized carbons (Fsp3) is 0.526. The van der Waals surface area contributed by atoms with Crippen LogP contribution in [0.5, 0.6) is 0 Å². The molecule has 1 saturated carbocycles. The standard InChI is InChI=1S/C19H24N4O3/c1-25-14-7-8-19(26-2)9-10-23(17(19)11-14)18(24)15-5-3-4-6-16(15)22-12-20-21-13-22/h3-6,12-14,17H,7-11H2,1-2H3/t14-,17+,19-/m1/s1. The van der Waals surface area contributed by atoms with Gasteiger partial charge in [0.25, 0.3) is 5.91 Å². The van der Waals surface area contributed by atoms with Crippen LogP contribution in [0.2, 0.25) is 0 Å². The van der Waals surface area contributed by atoms with E-state index in [1.807, 2.05) is 29.2 Å². The Morgan fingerprint density at radius 3 is 2.69 bits per heavy atom. The van der Waals surface area contributed by atoms with Crippen molar-refractivity contribution in [3.8, 4) is 5.69 Å². The Bertz CT molecular complexity index is 779. The van der Waals surface area contributed by atoms with Crippen molar-refractivity contribution in [2.45, 2.75) is 43.4 Å². The lowest BCUT2D eigenvalue weighted by Gasteiger charge is -2.43. The number of benzene rings is 1. The number of amides is 1. The van der Waals surface area contributed by atoms with Crippen LogP contribution in [0.4, 0.5) is 0 Å². The van der Waals surface area contributed by atoms with Crippen LogP contribution in [0.1, 0.15) is 36.0 Å². The average Bonchev–Trinajstić information content (AvgIpc) is 3.35. The summed E-state index contributed by atoms with van der Waals surface area (Å²) in [6, 6.07) is 7.61. The smallest absolute Gasteiger partial charge is 0.256 e. The lowest BCUT2D eigenvalue weighted by molar-refractivity contribution is -0.0893. The van der Waals surface area contributed by atoms with Crippen LogP contribution < -0.4 is 0 Å². The molecule has 26 heavy (non-hydrogen) atoms. The molecule has 0 unspecified atom stereocenters. The summed E-state index contributed by atoms with van der Waals surface area (Å²) in [6.07, 6.45) is 6.96. The molecular formula is C19H24N4O3. The van der Waals surface area contributed by atoms with E-state index in [9.17, 15) is 4.79 Å². The van der Waals surface area contributed by atoms with Gasteiger partial charge in [0.15, 0.2) is 0 Å². The SMILES string of the molecule is CO[C@@H]1CC[C@@]2(OC)CCN(C(=O)c3ccccc3-n3cnnc3)[C@H]2C1. The van der Waals surface area contributed by atoms with Crippen molar-refractivity contribution in [3.63, 3.8) is 0 Å². The van der Waals surface area contributed by atoms with E-state index in [1.54, 1.807) is 31.4 Å². The second-order valence-electron chi connectivity index (χ2n) is 7.05. The molecule has 1 aromatic carbocycles. The van der Waals surface area contributed by atoms with E-state index in [4.69, 9.17) is 9.47 Å². The third-order valence-corrected chi connectivity index (χ3v) is 5.97. The maximum Gasteiger partial charge on any atom is 0.256 e. The monoisotopic (exact) mass is 356 g/mol. The van der Waals surface area contributed by atoms with Crippen molar-refractivity contribution in [2.24, 2.45) is 0 Å². The van der Waals surface area contributed by atoms with Crippen LogP contribution in [0.15, 0.2) is 36.9 Å². The van der Waals surface area contributed by atoms with Gasteiger partial charge in [0.2, 0.25) is 0 Å². The molecule has 2 aromatic rings. The highest BCUT2D eigenvalue weighted by Gasteiger charge is 2.52. The quantitative estimate of drug-likeness (QED) is 0.839. The summed E-state index contributed by atoms with van der Waals surface area (Å²) < 4.78 is 13.3. The lowest BCUT2D eigenvalue weighted by atomic mass is 9.79. The number of carbonyl (C=O) groups is 1. The van der Waals surface area contributed by atoms with Gasteiger partial charge in [-0.1, -0.05) is 12.1 Å². The predicted molar refractivity (Wildman–Crippen MR) is 95.2 cm³/mol. The Morgan fingerprint density at radius 1 is 1.19 bits per heavy atom. The average molecular weight is 356 g/mol. The summed E-state index contributed by atoms with van der Waals surface area (Å²) in [4.78, 5) is 15.4. The second kappa shape index (κ2) is 6.81. The number of carbonyl (C=O) groups excluding carboxylic acids is 1. The van der Waals surface area contributed by atoms with E-state index in [0.717, 1.165) is 31.4 Å². The molecule has 2 aliphatic rings. The second-order valence-corrected chi connectivity index (χ2v) is 7.05. The first-order valence-electron chi connectivity index (χ1n) is 9.01. The molecule has 1 aliphatic carbocycles. The Balaban J connectivity index is 1.67. The van der Waals surface area contributed by atoms with Gasteiger partial charge in [0.05, 0.1) is 29.0 Å². The number of methoxy groups -OCH3 is 2. The lowest BCUT2D eigenvalue weighted by Crippen LogP contribution is -2.53. The summed E-state index contributed by atoms with van der Waals surface area (Å²) >= 11 is 0. The number of aromatic nitrogens is 3. The highest BCUT2D eigenvalue weighted by Crippen LogP contribution is 2.43. The number of hydrogen-bond acceptors (Lipinski definition) is 5. The minimum Gasteiger partial charge on any atom is -0.381 e. The van der Waals surface area contributed by atoms with Crippen LogP contribution in [0.25, 0.3) is 5.69 Å². The first-order chi connectivity index (χ1) is 12.7. The number of para-hydroxylation sites is 1. The molecule has 3 atom stereocenters. The van der Waals surface area contributed by atoms with Gasteiger partial charge < -0.3 is 14.4 Å². The number of fused-ring (bicyclic) bond motifs is 1. The van der Waals surface area contributed by atoms with E-state index >= 15 is 0 Å². The number of nitrogens with zero attached hydrogens (tertiary/aromatic N) is 4. The van der Waals surface area contributed by atoms with Crippen LogP contribution in [0.3, 0.4) is 0 Å². The third-order valence-electron chi connectivity index (χ3n) is 5.97. The Labute approximate surface area is 152 Å². The molecule has 138 valence electrons. The van der Waals surface area contributed by atoms with Crippen molar-refractivity contribution < 1.29 is 14.3 Å². The van der Waals surface area contributed by atoms with Crippen molar-refractivity contribution in [2.75, 3.05) is 20.8 Å². The van der Waals surface area contributed by atoms with Gasteiger partial charge in [-0.25, -0.2) is 0 Å². The zero-order valence-corrected chi connectivity index (χ0v) is 15.2. The molecule has 7 heteroatoms. The number of rotatable bonds is 4. The van der Waals surface area contributed by atoms with Crippen molar-refractivity contribution in [1.29, 1.82) is 0 Å². The largest absolute Gasteiger partial charge is 0.381 e. The number of ether oxygens (including phenoxy) is 2. The molecule has 1 saturated heterocycles. The normalized spacial score (nSPS) is 28.2. The zero-order chi connectivity index (χ0) is 18.1. The third kappa shape index (κ3) is 2.71. The molecular weight excluding hydrogens is 332 g/mol. The van der Waals surface area contributed by atoms with Gasteiger partial charge >= 0.3 is 0 Å². The molecule has 4 rings (SSSR count). The van der Waals surface area contributed by atoms with Gasteiger partial charge in [-0.2, -0.15) is 0 Å². The Kier molecular flexibility index (Phi) is 4.50. The highest BCUT2D eigenvalue weighted by molar-refractivity contribution is 5.98. The van der Waals surface area contributed by atoms with Gasteiger partial charge in [-0.15, -0.1) is 10.2 Å². The summed E-state index contributed by atoms with van der Waals surface area (Å²) in [5.74, 6) is 0.0231.